The van der Waals surface area contributed by atoms with Gasteiger partial charge in [-0.05, 0) is 87.0 Å². The Balaban J connectivity index is 0.000000126. The molecular weight excluding hydrogens is 372 g/mol. The third-order valence-corrected chi connectivity index (χ3v) is 6.96. The van der Waals surface area contributed by atoms with Crippen molar-refractivity contribution in [2.24, 2.45) is 0 Å². The van der Waals surface area contributed by atoms with Crippen LogP contribution in [0.3, 0.4) is 0 Å². The van der Waals surface area contributed by atoms with Crippen molar-refractivity contribution >= 4 is 21.5 Å². The molecule has 5 aromatic carbocycles. The van der Waals surface area contributed by atoms with E-state index in [1.165, 1.54) is 69.5 Å². The Kier molecular flexibility index (Phi) is 4.57. The molecule has 0 nitrogen and oxygen atoms in total. The molecule has 0 unspecified atom stereocenters. The highest BCUT2D eigenvalue weighted by Crippen LogP contribution is 2.36. The number of hydrogen-bond acceptors (Lipinski definition) is 0. The zero-order valence-electron chi connectivity index (χ0n) is 17.8. The van der Waals surface area contributed by atoms with E-state index in [0.29, 0.717) is 0 Å². The van der Waals surface area contributed by atoms with Gasteiger partial charge in [-0.15, -0.1) is 0 Å². The van der Waals surface area contributed by atoms with Crippen LogP contribution in [0.25, 0.3) is 32.7 Å². The van der Waals surface area contributed by atoms with Crippen molar-refractivity contribution in [1.82, 2.24) is 0 Å². The molecule has 0 atom stereocenters. The zero-order chi connectivity index (χ0) is 20.6. The molecule has 7 rings (SSSR count). The average Bonchev–Trinajstić information content (AvgIpc) is 3.23. The van der Waals surface area contributed by atoms with Gasteiger partial charge in [0.25, 0.3) is 0 Å². The summed E-state index contributed by atoms with van der Waals surface area (Å²) in [7, 11) is 0. The molecule has 0 fully saturated rings. The Hall–Kier alpha value is -3.38. The quantitative estimate of drug-likeness (QED) is 0.227. The summed E-state index contributed by atoms with van der Waals surface area (Å²) in [6.45, 7) is 0. The highest BCUT2D eigenvalue weighted by atomic mass is 14.2. The molecule has 0 spiro atoms. The normalized spacial score (nSPS) is 13.8. The maximum absolute atomic E-state index is 2.35. The molecule has 31 heavy (non-hydrogen) atoms. The Morgan fingerprint density at radius 2 is 1.06 bits per heavy atom. The van der Waals surface area contributed by atoms with Gasteiger partial charge in [0.15, 0.2) is 0 Å². The molecule has 0 amide bonds. The van der Waals surface area contributed by atoms with Gasteiger partial charge in [0.05, 0.1) is 0 Å². The highest BCUT2D eigenvalue weighted by Gasteiger charge is 2.16. The number of hydrogen-bond donors (Lipinski definition) is 0. The Morgan fingerprint density at radius 3 is 1.87 bits per heavy atom. The summed E-state index contributed by atoms with van der Waals surface area (Å²) in [6, 6.07) is 35.3. The molecule has 150 valence electrons. The summed E-state index contributed by atoms with van der Waals surface area (Å²) < 4.78 is 0. The van der Waals surface area contributed by atoms with E-state index in [0.717, 1.165) is 6.42 Å². The Bertz CT molecular complexity index is 1360. The minimum absolute atomic E-state index is 1.10. The van der Waals surface area contributed by atoms with Crippen LogP contribution in [0.2, 0.25) is 0 Å². The van der Waals surface area contributed by atoms with Crippen LogP contribution in [-0.2, 0) is 19.3 Å². The number of rotatable bonds is 0. The molecule has 0 saturated heterocycles. The summed E-state index contributed by atoms with van der Waals surface area (Å²) in [5.41, 5.74) is 8.93. The van der Waals surface area contributed by atoms with E-state index in [1.54, 1.807) is 11.1 Å². The molecule has 0 aromatic heterocycles. The maximum atomic E-state index is 2.35. The largest absolute Gasteiger partial charge is 0.0619 e. The predicted molar refractivity (Wildman–Crippen MR) is 133 cm³/mol. The fourth-order valence-electron chi connectivity index (χ4n) is 5.42. The highest BCUT2D eigenvalue weighted by molar-refractivity contribution is 6.08. The van der Waals surface area contributed by atoms with E-state index >= 15 is 0 Å². The topological polar surface area (TPSA) is 0 Å². The van der Waals surface area contributed by atoms with E-state index in [9.17, 15) is 0 Å². The molecule has 0 heteroatoms. The van der Waals surface area contributed by atoms with Crippen molar-refractivity contribution in [3.8, 4) is 11.1 Å². The molecule has 0 saturated carbocycles. The number of aryl methyl sites for hydroxylation is 2. The molecule has 0 radical (unpaired) electrons. The smallest absolute Gasteiger partial charge is 0.00135 e. The summed E-state index contributed by atoms with van der Waals surface area (Å²) in [5.74, 6) is 0. The van der Waals surface area contributed by atoms with Gasteiger partial charge in [0.2, 0.25) is 0 Å². The van der Waals surface area contributed by atoms with Crippen molar-refractivity contribution in [1.29, 1.82) is 0 Å². The minimum Gasteiger partial charge on any atom is -0.0619 e. The fraction of sp³-hybridized carbons (Fsp3) is 0.161. The standard InChI is InChI=1S/C18H16.C13H10/c1-3-7-15-13(5-1)9-11-18-16-8-4-2-6-14(16)10-12-17(15)18;1-3-7-12-10(5-1)9-11-6-2-4-8-13(11)12/h1,3,5,7,9-12H,2,4,6,8H2;1-8H,9H2. The van der Waals surface area contributed by atoms with E-state index in [-0.39, 0.29) is 0 Å². The van der Waals surface area contributed by atoms with Crippen LogP contribution in [0.5, 0.6) is 0 Å². The zero-order valence-corrected chi connectivity index (χ0v) is 17.8. The van der Waals surface area contributed by atoms with Crippen LogP contribution in [0, 0.1) is 0 Å². The molecule has 0 aliphatic heterocycles. The van der Waals surface area contributed by atoms with Gasteiger partial charge in [-0.3, -0.25) is 0 Å². The average molecular weight is 399 g/mol. The van der Waals surface area contributed by atoms with Crippen LogP contribution in [0.1, 0.15) is 35.1 Å². The predicted octanol–water partition coefficient (Wildman–Crippen LogP) is 8.13. The first-order chi connectivity index (χ1) is 15.4. The van der Waals surface area contributed by atoms with Crippen molar-refractivity contribution in [2.75, 3.05) is 0 Å². The number of benzene rings is 5. The van der Waals surface area contributed by atoms with Gasteiger partial charge in [-0.25, -0.2) is 0 Å². The van der Waals surface area contributed by atoms with Gasteiger partial charge in [0, 0.05) is 0 Å². The molecule has 2 aliphatic rings. The second kappa shape index (κ2) is 7.71. The molecule has 2 aliphatic carbocycles. The van der Waals surface area contributed by atoms with Gasteiger partial charge < -0.3 is 0 Å². The molecule has 5 aromatic rings. The second-order valence-electron chi connectivity index (χ2n) is 8.78. The van der Waals surface area contributed by atoms with Gasteiger partial charge in [0.1, 0.15) is 0 Å². The Morgan fingerprint density at radius 1 is 0.419 bits per heavy atom. The summed E-state index contributed by atoms with van der Waals surface area (Å²) in [4.78, 5) is 0. The van der Waals surface area contributed by atoms with Crippen molar-refractivity contribution < 1.29 is 0 Å². The summed E-state index contributed by atoms with van der Waals surface area (Å²) in [6.07, 6.45) is 6.32. The van der Waals surface area contributed by atoms with Crippen LogP contribution in [-0.4, -0.2) is 0 Å². The summed E-state index contributed by atoms with van der Waals surface area (Å²) in [5, 5.41) is 5.64. The third-order valence-electron chi connectivity index (χ3n) is 6.96. The molecular formula is C31H26. The summed E-state index contributed by atoms with van der Waals surface area (Å²) >= 11 is 0. The first kappa shape index (κ1) is 18.4. The lowest BCUT2D eigenvalue weighted by atomic mass is 9.86. The van der Waals surface area contributed by atoms with Crippen molar-refractivity contribution in [3.05, 3.63) is 119 Å². The third kappa shape index (κ3) is 3.24. The van der Waals surface area contributed by atoms with Crippen molar-refractivity contribution in [2.45, 2.75) is 32.1 Å². The SMILES string of the molecule is c1ccc2c(c1)Cc1ccccc1-2.c1ccc2c(c1)ccc1c3c(ccc12)CCCC3. The first-order valence-electron chi connectivity index (χ1n) is 11.5. The molecule has 0 N–H and O–H groups in total. The number of fused-ring (bicyclic) bond motifs is 8. The fourth-order valence-corrected chi connectivity index (χ4v) is 5.42. The molecule has 0 bridgehead atoms. The van der Waals surface area contributed by atoms with Crippen LogP contribution in [0.4, 0.5) is 0 Å². The van der Waals surface area contributed by atoms with E-state index in [2.05, 4.69) is 97.1 Å². The molecule has 0 heterocycles. The Labute approximate surface area is 184 Å². The van der Waals surface area contributed by atoms with Crippen LogP contribution in [0.15, 0.2) is 97.1 Å². The van der Waals surface area contributed by atoms with Crippen LogP contribution < -0.4 is 0 Å². The van der Waals surface area contributed by atoms with Gasteiger partial charge in [-0.2, -0.15) is 0 Å². The lowest BCUT2D eigenvalue weighted by Gasteiger charge is -2.18. The lowest BCUT2D eigenvalue weighted by molar-refractivity contribution is 0.690. The lowest BCUT2D eigenvalue weighted by Crippen LogP contribution is -2.02. The first-order valence-corrected chi connectivity index (χ1v) is 11.5. The monoisotopic (exact) mass is 398 g/mol. The van der Waals surface area contributed by atoms with Crippen molar-refractivity contribution in [3.63, 3.8) is 0 Å². The van der Waals surface area contributed by atoms with E-state index in [1.807, 2.05) is 0 Å². The van der Waals surface area contributed by atoms with Crippen LogP contribution >= 0.6 is 0 Å². The second-order valence-corrected chi connectivity index (χ2v) is 8.78. The minimum atomic E-state index is 1.10. The van der Waals surface area contributed by atoms with E-state index in [4.69, 9.17) is 0 Å². The van der Waals surface area contributed by atoms with Gasteiger partial charge in [-0.1, -0.05) is 97.1 Å². The van der Waals surface area contributed by atoms with E-state index < -0.39 is 0 Å². The van der Waals surface area contributed by atoms with Gasteiger partial charge >= 0.3 is 0 Å². The maximum Gasteiger partial charge on any atom is -0.00135 e.